The van der Waals surface area contributed by atoms with Crippen LogP contribution >= 0.6 is 40.7 Å². The first kappa shape index (κ1) is 23.3. The Labute approximate surface area is 195 Å². The summed E-state index contributed by atoms with van der Waals surface area (Å²) in [5.74, 6) is 1.43. The molecule has 6 heteroatoms. The number of furan rings is 1. The van der Waals surface area contributed by atoms with Gasteiger partial charge >= 0.3 is 49.1 Å². The average Bonchev–Trinajstić information content (AvgIpc) is 3.09. The molecule has 28 heavy (non-hydrogen) atoms. The van der Waals surface area contributed by atoms with Gasteiger partial charge in [-0.3, -0.25) is 9.98 Å². The van der Waals surface area contributed by atoms with Crippen LogP contribution in [-0.4, -0.2) is 12.4 Å². The molecule has 0 bridgehead atoms. The zero-order valence-corrected chi connectivity index (χ0v) is 21.6. The van der Waals surface area contributed by atoms with Crippen molar-refractivity contribution in [2.75, 3.05) is 0 Å². The van der Waals surface area contributed by atoms with Gasteiger partial charge in [-0.25, -0.2) is 0 Å². The van der Waals surface area contributed by atoms with Crippen LogP contribution in [-0.2, 0) is 8.46 Å². The van der Waals surface area contributed by atoms with Crippen molar-refractivity contribution in [3.63, 3.8) is 0 Å². The Morgan fingerprint density at radius 2 is 1.00 bits per heavy atom. The number of aliphatic imine (C=N–C) groups is 2. The minimum atomic E-state index is 0.714. The summed E-state index contributed by atoms with van der Waals surface area (Å²) < 4.78 is 5.79. The van der Waals surface area contributed by atoms with Gasteiger partial charge in [-0.05, 0) is 62.1 Å². The van der Waals surface area contributed by atoms with Crippen molar-refractivity contribution in [1.29, 1.82) is 0 Å². The van der Waals surface area contributed by atoms with Crippen LogP contribution in [0, 0.1) is 27.7 Å². The van der Waals surface area contributed by atoms with E-state index in [1.807, 2.05) is 24.3 Å². The summed E-state index contributed by atoms with van der Waals surface area (Å²) in [5, 5.41) is 0. The van der Waals surface area contributed by atoms with Crippen molar-refractivity contribution in [3.05, 3.63) is 82.3 Å². The molecule has 0 N–H and O–H groups in total. The first-order chi connectivity index (χ1) is 13.5. The van der Waals surface area contributed by atoms with Gasteiger partial charge in [-0.1, -0.05) is 36.4 Å². The van der Waals surface area contributed by atoms with Crippen molar-refractivity contribution >= 4 is 64.5 Å². The van der Waals surface area contributed by atoms with E-state index >= 15 is 0 Å². The van der Waals surface area contributed by atoms with Gasteiger partial charge in [-0.15, -0.1) is 0 Å². The second kappa shape index (κ2) is 11.9. The predicted molar refractivity (Wildman–Crippen MR) is 133 cm³/mol. The van der Waals surface area contributed by atoms with Crippen molar-refractivity contribution in [3.8, 4) is 0 Å². The molecule has 3 rings (SSSR count). The van der Waals surface area contributed by atoms with Crippen LogP contribution in [0.25, 0.3) is 0 Å². The van der Waals surface area contributed by atoms with Crippen LogP contribution in [0.5, 0.6) is 0 Å². The van der Waals surface area contributed by atoms with Crippen molar-refractivity contribution in [2.45, 2.75) is 27.7 Å². The number of nitrogens with zero attached hydrogens (tertiary/aromatic N) is 2. The third kappa shape index (κ3) is 6.83. The maximum atomic E-state index is 5.79. The average molecular weight is 640 g/mol. The van der Waals surface area contributed by atoms with Crippen molar-refractivity contribution < 1.29 is 12.9 Å². The summed E-state index contributed by atoms with van der Waals surface area (Å²) in [6.45, 7) is 8.24. The molecule has 3 nitrogen and oxygen atoms in total. The van der Waals surface area contributed by atoms with Gasteiger partial charge in [0.1, 0.15) is 11.5 Å². The Bertz CT molecular complexity index is 864. The second-order valence-electron chi connectivity index (χ2n) is 6.29. The van der Waals surface area contributed by atoms with Crippen LogP contribution < -0.4 is 0 Å². The van der Waals surface area contributed by atoms with Gasteiger partial charge in [0.25, 0.3) is 0 Å². The maximum absolute atomic E-state index is 5.79. The quantitative estimate of drug-likeness (QED) is 0.163. The molecule has 0 saturated heterocycles. The summed E-state index contributed by atoms with van der Waals surface area (Å²) in [6.07, 6.45) is 3.51. The van der Waals surface area contributed by atoms with Crippen LogP contribution in [0.3, 0.4) is 0 Å². The van der Waals surface area contributed by atoms with E-state index in [1.54, 1.807) is 12.4 Å². The third-order valence-electron chi connectivity index (χ3n) is 4.17. The number of halogens is 2. The summed E-state index contributed by atoms with van der Waals surface area (Å²) in [4.78, 5) is 9.14. The number of aryl methyl sites for hydroxylation is 4. The molecule has 0 aliphatic heterocycles. The van der Waals surface area contributed by atoms with Gasteiger partial charge in [0, 0.05) is 0 Å². The first-order valence-electron chi connectivity index (χ1n) is 8.62. The van der Waals surface area contributed by atoms with Crippen LogP contribution in [0.15, 0.2) is 62.9 Å². The monoisotopic (exact) mass is 640 g/mol. The Balaban J connectivity index is 0.000000878. The number of para-hydroxylation sites is 2. The van der Waals surface area contributed by atoms with E-state index in [0.29, 0.717) is 11.5 Å². The number of hydrogen-bond acceptors (Lipinski definition) is 3. The van der Waals surface area contributed by atoms with E-state index in [-0.39, 0.29) is 0 Å². The molecule has 2 aromatic carbocycles. The Morgan fingerprint density at radius 1 is 0.679 bits per heavy atom. The standard InChI is InChI=1S/C22H22N2O.Fe.2HI/c1-15-7-5-8-16(2)21(15)23-13-19-11-12-20(25-19)14-24-22-17(3)9-6-10-18(22)4;;;/h5-14H,1-4H3;;2*1H/q;+2;;/p-2. The first-order valence-corrected chi connectivity index (χ1v) is 15.7. The molecule has 0 unspecified atom stereocenters. The van der Waals surface area contributed by atoms with Gasteiger partial charge < -0.3 is 4.42 Å². The van der Waals surface area contributed by atoms with Gasteiger partial charge in [-0.2, -0.15) is 0 Å². The molecule has 0 fully saturated rings. The molecule has 0 atom stereocenters. The van der Waals surface area contributed by atoms with Crippen LogP contribution in [0.2, 0.25) is 0 Å². The van der Waals surface area contributed by atoms with E-state index in [9.17, 15) is 0 Å². The zero-order chi connectivity index (χ0) is 20.5. The fourth-order valence-electron chi connectivity index (χ4n) is 2.78. The second-order valence-corrected chi connectivity index (χ2v) is 15.6. The van der Waals surface area contributed by atoms with Gasteiger partial charge in [0.2, 0.25) is 0 Å². The Kier molecular flexibility index (Phi) is 9.91. The molecule has 148 valence electrons. The molecule has 0 aliphatic carbocycles. The molecule has 0 aliphatic rings. The van der Waals surface area contributed by atoms with E-state index in [0.717, 1.165) is 33.6 Å². The topological polar surface area (TPSA) is 37.9 Å². The number of benzene rings is 2. The molecular weight excluding hydrogens is 618 g/mol. The molecule has 1 aromatic heterocycles. The fraction of sp³-hybridized carbons (Fsp3) is 0.182. The number of rotatable bonds is 4. The van der Waals surface area contributed by atoms with Crippen LogP contribution in [0.1, 0.15) is 33.8 Å². The molecule has 3 aromatic rings. The summed E-state index contributed by atoms with van der Waals surface area (Å²) in [5.41, 5.74) is 6.59. The third-order valence-corrected chi connectivity index (χ3v) is 4.17. The summed E-state index contributed by atoms with van der Waals surface area (Å²) in [6, 6.07) is 16.1. The van der Waals surface area contributed by atoms with Crippen LogP contribution in [0.4, 0.5) is 11.4 Å². The van der Waals surface area contributed by atoms with E-state index in [4.69, 9.17) is 4.42 Å². The number of hydrogen-bond donors (Lipinski definition) is 0. The summed E-state index contributed by atoms with van der Waals surface area (Å²) in [7, 11) is 1.19. The Morgan fingerprint density at radius 3 is 1.32 bits per heavy atom. The zero-order valence-electron chi connectivity index (χ0n) is 16.2. The van der Waals surface area contributed by atoms with Gasteiger partial charge in [0.05, 0.1) is 23.8 Å². The molecular formula is C22H22FeI2N2O. The van der Waals surface area contributed by atoms with E-state index in [2.05, 4.69) is 103 Å². The van der Waals surface area contributed by atoms with Gasteiger partial charge in [0.15, 0.2) is 0 Å². The normalized spacial score (nSPS) is 11.2. The fourth-order valence-corrected chi connectivity index (χ4v) is 2.78. The predicted octanol–water partition coefficient (Wildman–Crippen LogP) is 7.78. The van der Waals surface area contributed by atoms with Crippen molar-refractivity contribution in [2.24, 2.45) is 9.98 Å². The van der Waals surface area contributed by atoms with Crippen molar-refractivity contribution in [1.82, 2.24) is 0 Å². The molecule has 0 amide bonds. The Hall–Kier alpha value is -0.961. The van der Waals surface area contributed by atoms with E-state index in [1.165, 1.54) is 8.46 Å². The molecule has 0 saturated carbocycles. The molecule has 0 spiro atoms. The summed E-state index contributed by atoms with van der Waals surface area (Å²) >= 11 is 4.55. The molecule has 1 heterocycles. The van der Waals surface area contributed by atoms with E-state index < -0.39 is 0 Å². The molecule has 0 radical (unpaired) electrons. The SMILES string of the molecule is Cc1cccc(C)c1N=Cc1ccc(C=Nc2c(C)cccc2C)o1.[I][Fe][I]. The minimum absolute atomic E-state index is 0.714.